The molecule has 0 aromatic rings. The third-order valence-corrected chi connectivity index (χ3v) is 6.27. The summed E-state index contributed by atoms with van der Waals surface area (Å²) in [6.07, 6.45) is 2.56. The number of nitrogens with zero attached hydrogens (tertiary/aromatic N) is 1. The van der Waals surface area contributed by atoms with E-state index in [4.69, 9.17) is 0 Å². The molecule has 3 atom stereocenters. The first-order valence-corrected chi connectivity index (χ1v) is 9.48. The van der Waals surface area contributed by atoms with Gasteiger partial charge in [0, 0.05) is 19.1 Å². The Morgan fingerprint density at radius 2 is 2.10 bits per heavy atom. The standard InChI is InChI=1S/C14H26N2O3S/c1-3-4-6-16(12-5-7-20(18,19)10-12)14(17)13-9-15-8-11(13)2/h11-13,15H,3-10H2,1-2H3. The molecular weight excluding hydrogens is 276 g/mol. The van der Waals surface area contributed by atoms with Crippen LogP contribution >= 0.6 is 0 Å². The molecular formula is C14H26N2O3S. The number of nitrogens with one attached hydrogen (secondary N) is 1. The number of rotatable bonds is 5. The lowest BCUT2D eigenvalue weighted by Gasteiger charge is -2.31. The lowest BCUT2D eigenvalue weighted by atomic mass is 9.95. The lowest BCUT2D eigenvalue weighted by Crippen LogP contribution is -2.46. The van der Waals surface area contributed by atoms with Gasteiger partial charge in [-0.25, -0.2) is 8.42 Å². The first-order chi connectivity index (χ1) is 9.44. The Balaban J connectivity index is 2.08. The molecule has 0 bridgehead atoms. The average molecular weight is 302 g/mol. The van der Waals surface area contributed by atoms with Gasteiger partial charge in [0.1, 0.15) is 0 Å². The van der Waals surface area contributed by atoms with E-state index in [0.717, 1.165) is 25.9 Å². The Labute approximate surface area is 122 Å². The summed E-state index contributed by atoms with van der Waals surface area (Å²) < 4.78 is 23.4. The molecule has 0 radical (unpaired) electrons. The van der Waals surface area contributed by atoms with Crippen molar-refractivity contribution in [1.82, 2.24) is 10.2 Å². The smallest absolute Gasteiger partial charge is 0.227 e. The van der Waals surface area contributed by atoms with Gasteiger partial charge in [-0.3, -0.25) is 4.79 Å². The van der Waals surface area contributed by atoms with Crippen molar-refractivity contribution in [2.75, 3.05) is 31.1 Å². The van der Waals surface area contributed by atoms with Crippen LogP contribution in [0.25, 0.3) is 0 Å². The summed E-state index contributed by atoms with van der Waals surface area (Å²) in [6, 6.07) is -0.105. The van der Waals surface area contributed by atoms with Crippen molar-refractivity contribution >= 4 is 15.7 Å². The van der Waals surface area contributed by atoms with Crippen molar-refractivity contribution in [3.05, 3.63) is 0 Å². The van der Waals surface area contributed by atoms with Crippen LogP contribution in [0.5, 0.6) is 0 Å². The van der Waals surface area contributed by atoms with Gasteiger partial charge in [-0.2, -0.15) is 0 Å². The van der Waals surface area contributed by atoms with Crippen LogP contribution in [0.3, 0.4) is 0 Å². The number of carbonyl (C=O) groups is 1. The van der Waals surface area contributed by atoms with Gasteiger partial charge in [-0.1, -0.05) is 20.3 Å². The topological polar surface area (TPSA) is 66.5 Å². The Bertz CT molecular complexity index is 449. The maximum atomic E-state index is 12.8. The highest BCUT2D eigenvalue weighted by molar-refractivity contribution is 7.91. The number of carbonyl (C=O) groups excluding carboxylic acids is 1. The second-order valence-corrected chi connectivity index (χ2v) is 8.41. The van der Waals surface area contributed by atoms with Crippen LogP contribution in [0.4, 0.5) is 0 Å². The van der Waals surface area contributed by atoms with Gasteiger partial charge in [0.15, 0.2) is 9.84 Å². The minimum absolute atomic E-state index is 0.00941. The monoisotopic (exact) mass is 302 g/mol. The predicted octanol–water partition coefficient (Wildman–Crippen LogP) is 0.658. The highest BCUT2D eigenvalue weighted by Gasteiger charge is 2.39. The Kier molecular flexibility index (Phi) is 5.07. The SMILES string of the molecule is CCCCN(C(=O)C1CNCC1C)C1CCS(=O)(=O)C1. The molecule has 3 unspecified atom stereocenters. The van der Waals surface area contributed by atoms with Gasteiger partial charge in [-0.05, 0) is 25.3 Å². The summed E-state index contributed by atoms with van der Waals surface area (Å²) >= 11 is 0. The summed E-state index contributed by atoms with van der Waals surface area (Å²) in [4.78, 5) is 14.6. The van der Waals surface area contributed by atoms with E-state index in [-0.39, 0.29) is 29.4 Å². The molecule has 20 heavy (non-hydrogen) atoms. The molecule has 2 aliphatic rings. The van der Waals surface area contributed by atoms with Crippen LogP contribution < -0.4 is 5.32 Å². The first-order valence-electron chi connectivity index (χ1n) is 7.66. The molecule has 2 saturated heterocycles. The van der Waals surface area contributed by atoms with Crippen LogP contribution in [0.15, 0.2) is 0 Å². The maximum absolute atomic E-state index is 12.8. The van der Waals surface area contributed by atoms with E-state index < -0.39 is 9.84 Å². The maximum Gasteiger partial charge on any atom is 0.227 e. The molecule has 116 valence electrons. The largest absolute Gasteiger partial charge is 0.338 e. The van der Waals surface area contributed by atoms with Gasteiger partial charge in [0.25, 0.3) is 0 Å². The number of hydrogen-bond acceptors (Lipinski definition) is 4. The summed E-state index contributed by atoms with van der Waals surface area (Å²) in [6.45, 7) is 6.47. The number of hydrogen-bond donors (Lipinski definition) is 1. The fourth-order valence-corrected chi connectivity index (χ4v) is 4.91. The third kappa shape index (κ3) is 3.52. The van der Waals surface area contributed by atoms with E-state index >= 15 is 0 Å². The van der Waals surface area contributed by atoms with Crippen molar-refractivity contribution in [3.63, 3.8) is 0 Å². The van der Waals surface area contributed by atoms with E-state index in [2.05, 4.69) is 19.2 Å². The predicted molar refractivity (Wildman–Crippen MR) is 79.2 cm³/mol. The number of sulfone groups is 1. The molecule has 2 rings (SSSR count). The zero-order valence-corrected chi connectivity index (χ0v) is 13.3. The van der Waals surface area contributed by atoms with Crippen LogP contribution in [0.2, 0.25) is 0 Å². The minimum Gasteiger partial charge on any atom is -0.338 e. The van der Waals surface area contributed by atoms with Crippen LogP contribution in [0, 0.1) is 11.8 Å². The molecule has 6 heteroatoms. The van der Waals surface area contributed by atoms with Gasteiger partial charge in [0.05, 0.1) is 17.4 Å². The number of amides is 1. The second kappa shape index (κ2) is 6.43. The van der Waals surface area contributed by atoms with Crippen molar-refractivity contribution in [2.45, 2.75) is 39.2 Å². The van der Waals surface area contributed by atoms with Crippen molar-refractivity contribution in [2.24, 2.45) is 11.8 Å². The normalized spacial score (nSPS) is 32.4. The first kappa shape index (κ1) is 15.8. The second-order valence-electron chi connectivity index (χ2n) is 6.18. The zero-order chi connectivity index (χ0) is 14.8. The van der Waals surface area contributed by atoms with E-state index in [9.17, 15) is 13.2 Å². The number of unbranched alkanes of at least 4 members (excludes halogenated alkanes) is 1. The summed E-state index contributed by atoms with van der Waals surface area (Å²) in [5, 5.41) is 3.26. The van der Waals surface area contributed by atoms with E-state index in [1.165, 1.54) is 0 Å². The Hall–Kier alpha value is -0.620. The van der Waals surface area contributed by atoms with Crippen molar-refractivity contribution in [1.29, 1.82) is 0 Å². The Morgan fingerprint density at radius 1 is 1.35 bits per heavy atom. The fraction of sp³-hybridized carbons (Fsp3) is 0.929. The summed E-state index contributed by atoms with van der Waals surface area (Å²) in [5.74, 6) is 0.876. The lowest BCUT2D eigenvalue weighted by molar-refractivity contribution is -0.138. The molecule has 2 fully saturated rings. The molecule has 2 aliphatic heterocycles. The molecule has 0 saturated carbocycles. The highest BCUT2D eigenvalue weighted by atomic mass is 32.2. The fourth-order valence-electron chi connectivity index (χ4n) is 3.18. The van der Waals surface area contributed by atoms with E-state index in [1.54, 1.807) is 0 Å². The molecule has 0 aliphatic carbocycles. The molecule has 2 heterocycles. The zero-order valence-electron chi connectivity index (χ0n) is 12.5. The van der Waals surface area contributed by atoms with Gasteiger partial charge in [0.2, 0.25) is 5.91 Å². The van der Waals surface area contributed by atoms with Gasteiger partial charge < -0.3 is 10.2 Å². The summed E-state index contributed by atoms with van der Waals surface area (Å²) in [7, 11) is -2.95. The third-order valence-electron chi connectivity index (χ3n) is 4.52. The van der Waals surface area contributed by atoms with E-state index in [0.29, 0.717) is 18.9 Å². The Morgan fingerprint density at radius 3 is 2.60 bits per heavy atom. The molecule has 1 amide bonds. The van der Waals surface area contributed by atoms with Crippen molar-refractivity contribution in [3.8, 4) is 0 Å². The van der Waals surface area contributed by atoms with Crippen LogP contribution in [0.1, 0.15) is 33.1 Å². The summed E-state index contributed by atoms with van der Waals surface area (Å²) in [5.41, 5.74) is 0. The van der Waals surface area contributed by atoms with Gasteiger partial charge >= 0.3 is 0 Å². The molecule has 0 aromatic carbocycles. The molecule has 0 spiro atoms. The average Bonchev–Trinajstić information content (AvgIpc) is 2.95. The minimum atomic E-state index is -2.95. The highest BCUT2D eigenvalue weighted by Crippen LogP contribution is 2.24. The van der Waals surface area contributed by atoms with Crippen LogP contribution in [-0.4, -0.2) is 56.4 Å². The van der Waals surface area contributed by atoms with Gasteiger partial charge in [-0.15, -0.1) is 0 Å². The molecule has 1 N–H and O–H groups in total. The molecule has 0 aromatic heterocycles. The van der Waals surface area contributed by atoms with E-state index in [1.807, 2.05) is 4.90 Å². The molecule has 5 nitrogen and oxygen atoms in total. The quantitative estimate of drug-likeness (QED) is 0.810. The van der Waals surface area contributed by atoms with Crippen LogP contribution in [-0.2, 0) is 14.6 Å². The van der Waals surface area contributed by atoms with Crippen molar-refractivity contribution < 1.29 is 13.2 Å².